The maximum Gasteiger partial charge on any atom is 0.236 e. The third kappa shape index (κ3) is 5.04. The minimum atomic E-state index is -0.0936. The van der Waals surface area contributed by atoms with Crippen molar-refractivity contribution >= 4 is 5.91 Å². The molecule has 0 aliphatic carbocycles. The molecular weight excluding hydrogens is 214 g/mol. The summed E-state index contributed by atoms with van der Waals surface area (Å²) in [7, 11) is 1.81. The van der Waals surface area contributed by atoms with Gasteiger partial charge in [-0.3, -0.25) is 4.79 Å². The molecule has 1 aliphatic heterocycles. The summed E-state index contributed by atoms with van der Waals surface area (Å²) in [6, 6.07) is 0.625. The van der Waals surface area contributed by atoms with E-state index in [1.165, 1.54) is 25.8 Å². The van der Waals surface area contributed by atoms with Gasteiger partial charge in [-0.1, -0.05) is 6.42 Å². The first-order chi connectivity index (χ1) is 8.15. The first-order valence-corrected chi connectivity index (χ1v) is 6.84. The fraction of sp³-hybridized carbons (Fsp3) is 0.923. The summed E-state index contributed by atoms with van der Waals surface area (Å²) < 4.78 is 0. The summed E-state index contributed by atoms with van der Waals surface area (Å²) in [4.78, 5) is 14.0. The lowest BCUT2D eigenvalue weighted by Crippen LogP contribution is -2.42. The average Bonchev–Trinajstić information content (AvgIpc) is 2.35. The molecule has 17 heavy (non-hydrogen) atoms. The summed E-state index contributed by atoms with van der Waals surface area (Å²) >= 11 is 0. The van der Waals surface area contributed by atoms with E-state index >= 15 is 0 Å². The first kappa shape index (κ1) is 14.5. The number of piperidine rings is 1. The van der Waals surface area contributed by atoms with Gasteiger partial charge in [0.1, 0.15) is 0 Å². The Balaban J connectivity index is 2.09. The van der Waals surface area contributed by atoms with Crippen molar-refractivity contribution in [3.8, 4) is 0 Å². The highest BCUT2D eigenvalue weighted by atomic mass is 16.2. The quantitative estimate of drug-likeness (QED) is 0.681. The van der Waals surface area contributed by atoms with E-state index in [2.05, 4.69) is 22.5 Å². The highest BCUT2D eigenvalue weighted by Gasteiger charge is 2.17. The summed E-state index contributed by atoms with van der Waals surface area (Å²) in [5, 5.41) is 5.90. The molecule has 2 unspecified atom stereocenters. The molecule has 1 heterocycles. The minimum Gasteiger partial charge on any atom is -0.355 e. The summed E-state index contributed by atoms with van der Waals surface area (Å²) in [6.45, 7) is 7.30. The molecule has 1 rings (SSSR count). The lowest BCUT2D eigenvalue weighted by molar-refractivity contribution is -0.122. The summed E-state index contributed by atoms with van der Waals surface area (Å²) in [5.74, 6) is 0.0965. The van der Waals surface area contributed by atoms with Crippen molar-refractivity contribution in [3.63, 3.8) is 0 Å². The molecule has 0 aromatic carbocycles. The lowest BCUT2D eigenvalue weighted by Gasteiger charge is -2.33. The van der Waals surface area contributed by atoms with Crippen molar-refractivity contribution in [2.24, 2.45) is 0 Å². The Kier molecular flexibility index (Phi) is 6.52. The molecule has 0 saturated carbocycles. The van der Waals surface area contributed by atoms with Crippen LogP contribution in [0.15, 0.2) is 0 Å². The average molecular weight is 241 g/mol. The summed E-state index contributed by atoms with van der Waals surface area (Å²) in [5.41, 5.74) is 0. The van der Waals surface area contributed by atoms with E-state index in [1.807, 2.05) is 6.92 Å². The van der Waals surface area contributed by atoms with Crippen LogP contribution in [0, 0.1) is 0 Å². The zero-order chi connectivity index (χ0) is 12.7. The molecule has 1 aliphatic rings. The smallest absolute Gasteiger partial charge is 0.236 e. The number of rotatable bonds is 6. The van der Waals surface area contributed by atoms with Crippen molar-refractivity contribution in [1.82, 2.24) is 15.5 Å². The normalized spacial score (nSPS) is 23.4. The number of likely N-dealkylation sites (tertiary alicyclic amines) is 1. The van der Waals surface area contributed by atoms with Crippen LogP contribution in [0.5, 0.6) is 0 Å². The van der Waals surface area contributed by atoms with Crippen LogP contribution in [-0.4, -0.2) is 49.6 Å². The van der Waals surface area contributed by atoms with Gasteiger partial charge in [0.05, 0.1) is 6.04 Å². The molecule has 4 heteroatoms. The number of carbonyl (C=O) groups is 1. The number of amides is 1. The zero-order valence-corrected chi connectivity index (χ0v) is 11.5. The molecule has 1 saturated heterocycles. The second kappa shape index (κ2) is 7.67. The molecular formula is C13H27N3O. The molecule has 4 nitrogen and oxygen atoms in total. The first-order valence-electron chi connectivity index (χ1n) is 6.84. The number of carbonyl (C=O) groups excluding carboxylic acids is 1. The van der Waals surface area contributed by atoms with E-state index in [4.69, 9.17) is 0 Å². The predicted octanol–water partition coefficient (Wildman–Crippen LogP) is 0.975. The van der Waals surface area contributed by atoms with Gasteiger partial charge in [-0.2, -0.15) is 0 Å². The standard InChI is InChI=1S/C13H27N3O/c1-11-7-4-5-9-16(11)10-6-8-15-13(17)12(2)14-3/h11-12,14H,4-10H2,1-3H3,(H,15,17). The molecule has 2 N–H and O–H groups in total. The topological polar surface area (TPSA) is 44.4 Å². The third-order valence-corrected chi connectivity index (χ3v) is 3.69. The molecule has 0 bridgehead atoms. The van der Waals surface area contributed by atoms with Gasteiger partial charge in [-0.15, -0.1) is 0 Å². The van der Waals surface area contributed by atoms with Crippen LogP contribution in [0.3, 0.4) is 0 Å². The van der Waals surface area contributed by atoms with Gasteiger partial charge in [0, 0.05) is 19.1 Å². The minimum absolute atomic E-state index is 0.0936. The van der Waals surface area contributed by atoms with Gasteiger partial charge in [-0.25, -0.2) is 0 Å². The van der Waals surface area contributed by atoms with Crippen LogP contribution in [0.2, 0.25) is 0 Å². The number of nitrogens with zero attached hydrogens (tertiary/aromatic N) is 1. The molecule has 1 fully saturated rings. The second-order valence-electron chi connectivity index (χ2n) is 5.04. The SMILES string of the molecule is CNC(C)C(=O)NCCCN1CCCCC1C. The molecule has 1 amide bonds. The fourth-order valence-electron chi connectivity index (χ4n) is 2.27. The molecule has 0 aromatic heterocycles. The molecule has 0 spiro atoms. The van der Waals surface area contributed by atoms with Crippen molar-refractivity contribution in [2.45, 2.75) is 51.6 Å². The number of nitrogens with one attached hydrogen (secondary N) is 2. The molecule has 0 radical (unpaired) electrons. The van der Waals surface area contributed by atoms with Crippen molar-refractivity contribution < 1.29 is 4.79 Å². The van der Waals surface area contributed by atoms with E-state index in [0.29, 0.717) is 0 Å². The molecule has 100 valence electrons. The highest BCUT2D eigenvalue weighted by Crippen LogP contribution is 2.15. The Labute approximate surface area is 105 Å². The number of hydrogen-bond acceptors (Lipinski definition) is 3. The van der Waals surface area contributed by atoms with E-state index in [1.54, 1.807) is 7.05 Å². The lowest BCUT2D eigenvalue weighted by atomic mass is 10.0. The van der Waals surface area contributed by atoms with Crippen molar-refractivity contribution in [3.05, 3.63) is 0 Å². The molecule has 2 atom stereocenters. The summed E-state index contributed by atoms with van der Waals surface area (Å²) in [6.07, 6.45) is 5.07. The van der Waals surface area contributed by atoms with Crippen LogP contribution >= 0.6 is 0 Å². The van der Waals surface area contributed by atoms with Gasteiger partial charge in [-0.05, 0) is 46.7 Å². The Hall–Kier alpha value is -0.610. The van der Waals surface area contributed by atoms with Gasteiger partial charge >= 0.3 is 0 Å². The predicted molar refractivity (Wildman–Crippen MR) is 71.0 cm³/mol. The van der Waals surface area contributed by atoms with Crippen LogP contribution < -0.4 is 10.6 Å². The van der Waals surface area contributed by atoms with Crippen LogP contribution in [0.25, 0.3) is 0 Å². The number of hydrogen-bond donors (Lipinski definition) is 2. The van der Waals surface area contributed by atoms with E-state index in [9.17, 15) is 4.79 Å². The monoisotopic (exact) mass is 241 g/mol. The van der Waals surface area contributed by atoms with Crippen LogP contribution in [0.4, 0.5) is 0 Å². The van der Waals surface area contributed by atoms with Gasteiger partial charge in [0.2, 0.25) is 5.91 Å². The highest BCUT2D eigenvalue weighted by molar-refractivity contribution is 5.81. The number of likely N-dealkylation sites (N-methyl/N-ethyl adjacent to an activating group) is 1. The second-order valence-corrected chi connectivity index (χ2v) is 5.04. The van der Waals surface area contributed by atoms with Crippen LogP contribution in [0.1, 0.15) is 39.5 Å². The van der Waals surface area contributed by atoms with E-state index in [0.717, 1.165) is 25.6 Å². The van der Waals surface area contributed by atoms with E-state index < -0.39 is 0 Å². The van der Waals surface area contributed by atoms with Gasteiger partial charge < -0.3 is 15.5 Å². The van der Waals surface area contributed by atoms with E-state index in [-0.39, 0.29) is 11.9 Å². The van der Waals surface area contributed by atoms with Crippen molar-refractivity contribution in [1.29, 1.82) is 0 Å². The Bertz CT molecular complexity index is 233. The fourth-order valence-corrected chi connectivity index (χ4v) is 2.27. The Morgan fingerprint density at radius 1 is 1.47 bits per heavy atom. The Morgan fingerprint density at radius 3 is 2.88 bits per heavy atom. The zero-order valence-electron chi connectivity index (χ0n) is 11.5. The van der Waals surface area contributed by atoms with Crippen molar-refractivity contribution in [2.75, 3.05) is 26.7 Å². The van der Waals surface area contributed by atoms with Crippen LogP contribution in [-0.2, 0) is 4.79 Å². The van der Waals surface area contributed by atoms with Gasteiger partial charge in [0.25, 0.3) is 0 Å². The maximum absolute atomic E-state index is 11.5. The maximum atomic E-state index is 11.5. The largest absolute Gasteiger partial charge is 0.355 e. The molecule has 0 aromatic rings. The van der Waals surface area contributed by atoms with Gasteiger partial charge in [0.15, 0.2) is 0 Å². The Morgan fingerprint density at radius 2 is 2.24 bits per heavy atom. The third-order valence-electron chi connectivity index (χ3n) is 3.69.